The molecule has 13 heavy (non-hydrogen) atoms. The summed E-state index contributed by atoms with van der Waals surface area (Å²) in [6.45, 7) is 4.40. The zero-order valence-corrected chi connectivity index (χ0v) is 8.01. The fraction of sp³-hybridized carbons (Fsp3) is 0.222. The maximum atomic E-state index is 5.69. The minimum Gasteiger partial charge on any atom is -0.396 e. The molecule has 1 heterocycles. The molecule has 70 valence electrons. The first-order valence-electron chi connectivity index (χ1n) is 4.00. The van der Waals surface area contributed by atoms with Gasteiger partial charge < -0.3 is 11.1 Å². The van der Waals surface area contributed by atoms with E-state index in [1.165, 1.54) is 0 Å². The highest BCUT2D eigenvalue weighted by atomic mass is 35.5. The van der Waals surface area contributed by atoms with Gasteiger partial charge in [0.15, 0.2) is 0 Å². The molecule has 1 aromatic heterocycles. The highest BCUT2D eigenvalue weighted by Crippen LogP contribution is 2.18. The van der Waals surface area contributed by atoms with Crippen LogP contribution in [0.5, 0.6) is 0 Å². The van der Waals surface area contributed by atoms with Crippen molar-refractivity contribution in [1.29, 1.82) is 0 Å². The van der Waals surface area contributed by atoms with Gasteiger partial charge >= 0.3 is 0 Å². The first-order chi connectivity index (χ1) is 6.24. The highest BCUT2D eigenvalue weighted by Gasteiger charge is 1.99. The van der Waals surface area contributed by atoms with Crippen LogP contribution in [0.1, 0.15) is 6.42 Å². The van der Waals surface area contributed by atoms with E-state index in [4.69, 9.17) is 17.3 Å². The van der Waals surface area contributed by atoms with Gasteiger partial charge in [0.2, 0.25) is 0 Å². The van der Waals surface area contributed by atoms with E-state index in [0.717, 1.165) is 13.0 Å². The molecule has 1 aromatic rings. The number of nitrogens with two attached hydrogens (primary N) is 1. The molecule has 0 atom stereocenters. The first-order valence-corrected chi connectivity index (χ1v) is 4.37. The molecule has 4 heteroatoms. The number of anilines is 2. The average Bonchev–Trinajstić information content (AvgIpc) is 2.09. The highest BCUT2D eigenvalue weighted by molar-refractivity contribution is 6.30. The quantitative estimate of drug-likeness (QED) is 0.575. The van der Waals surface area contributed by atoms with Crippen LogP contribution in [0, 0.1) is 0 Å². The van der Waals surface area contributed by atoms with Gasteiger partial charge in [0.1, 0.15) is 5.82 Å². The lowest BCUT2D eigenvalue weighted by Crippen LogP contribution is -2.05. The summed E-state index contributed by atoms with van der Waals surface area (Å²) < 4.78 is 0. The lowest BCUT2D eigenvalue weighted by molar-refractivity contribution is 1.05. The molecule has 0 saturated heterocycles. The van der Waals surface area contributed by atoms with Crippen molar-refractivity contribution in [3.05, 3.63) is 29.9 Å². The van der Waals surface area contributed by atoms with Crippen LogP contribution in [0.4, 0.5) is 11.5 Å². The number of nitrogens with zero attached hydrogens (tertiary/aromatic N) is 1. The molecule has 0 bridgehead atoms. The standard InChI is InChI=1S/C9H12ClN3/c1-2-3-4-12-9-8(11)5-7(10)6-13-9/h2,5-6H,1,3-4,11H2,(H,12,13). The topological polar surface area (TPSA) is 50.9 Å². The van der Waals surface area contributed by atoms with Crippen LogP contribution in [0.3, 0.4) is 0 Å². The van der Waals surface area contributed by atoms with E-state index >= 15 is 0 Å². The van der Waals surface area contributed by atoms with E-state index in [0.29, 0.717) is 16.5 Å². The third-order valence-corrected chi connectivity index (χ3v) is 1.73. The molecule has 3 nitrogen and oxygen atoms in total. The van der Waals surface area contributed by atoms with Crippen LogP contribution >= 0.6 is 11.6 Å². The van der Waals surface area contributed by atoms with Crippen LogP contribution < -0.4 is 11.1 Å². The van der Waals surface area contributed by atoms with Gasteiger partial charge in [-0.1, -0.05) is 17.7 Å². The maximum Gasteiger partial charge on any atom is 0.149 e. The molecule has 3 N–H and O–H groups in total. The molecule has 0 saturated carbocycles. The predicted octanol–water partition coefficient (Wildman–Crippen LogP) is 2.31. The monoisotopic (exact) mass is 197 g/mol. The van der Waals surface area contributed by atoms with Crippen LogP contribution in [0.15, 0.2) is 24.9 Å². The number of aromatic nitrogens is 1. The van der Waals surface area contributed by atoms with Crippen LogP contribution in [-0.2, 0) is 0 Å². The summed E-state index contributed by atoms with van der Waals surface area (Å²) in [5.74, 6) is 0.672. The first kappa shape index (κ1) is 9.86. The van der Waals surface area contributed by atoms with Gasteiger partial charge in [-0.05, 0) is 12.5 Å². The summed E-state index contributed by atoms with van der Waals surface area (Å²) in [5, 5.41) is 3.62. The number of nitrogen functional groups attached to an aromatic ring is 1. The zero-order chi connectivity index (χ0) is 9.68. The SMILES string of the molecule is C=CCCNc1ncc(Cl)cc1N. The van der Waals surface area contributed by atoms with Crippen molar-refractivity contribution in [2.75, 3.05) is 17.6 Å². The zero-order valence-electron chi connectivity index (χ0n) is 7.26. The van der Waals surface area contributed by atoms with Gasteiger partial charge in [0, 0.05) is 12.7 Å². The Morgan fingerprint density at radius 3 is 3.08 bits per heavy atom. The van der Waals surface area contributed by atoms with Gasteiger partial charge in [-0.3, -0.25) is 0 Å². The Hall–Kier alpha value is -1.22. The summed E-state index contributed by atoms with van der Waals surface area (Å²) in [7, 11) is 0. The maximum absolute atomic E-state index is 5.69. The minimum atomic E-state index is 0.548. The van der Waals surface area contributed by atoms with E-state index < -0.39 is 0 Å². The Kier molecular flexibility index (Phi) is 3.58. The van der Waals surface area contributed by atoms with E-state index in [1.54, 1.807) is 12.3 Å². The number of hydrogen-bond acceptors (Lipinski definition) is 3. The summed E-state index contributed by atoms with van der Waals surface area (Å²) in [6.07, 6.45) is 4.27. The fourth-order valence-electron chi connectivity index (χ4n) is 0.895. The van der Waals surface area contributed by atoms with Crippen LogP contribution in [0.25, 0.3) is 0 Å². The van der Waals surface area contributed by atoms with Crippen molar-refractivity contribution in [2.45, 2.75) is 6.42 Å². The van der Waals surface area contributed by atoms with Crippen LogP contribution in [0.2, 0.25) is 5.02 Å². The Labute approximate surface area is 82.6 Å². The average molecular weight is 198 g/mol. The lowest BCUT2D eigenvalue weighted by Gasteiger charge is -2.06. The number of halogens is 1. The van der Waals surface area contributed by atoms with Crippen molar-refractivity contribution in [3.63, 3.8) is 0 Å². The fourth-order valence-corrected chi connectivity index (χ4v) is 1.06. The minimum absolute atomic E-state index is 0.548. The second-order valence-corrected chi connectivity index (χ2v) is 3.03. The molecule has 0 spiro atoms. The Bertz CT molecular complexity index is 299. The Balaban J connectivity index is 2.61. The Morgan fingerprint density at radius 2 is 2.46 bits per heavy atom. The van der Waals surface area contributed by atoms with Crippen molar-refractivity contribution >= 4 is 23.1 Å². The molecule has 0 aromatic carbocycles. The molecule has 0 fully saturated rings. The third kappa shape index (κ3) is 2.95. The van der Waals surface area contributed by atoms with Crippen LogP contribution in [-0.4, -0.2) is 11.5 Å². The number of pyridine rings is 1. The molecule has 0 amide bonds. The number of hydrogen-bond donors (Lipinski definition) is 2. The molecule has 0 unspecified atom stereocenters. The smallest absolute Gasteiger partial charge is 0.149 e. The number of nitrogens with one attached hydrogen (secondary N) is 1. The molecular formula is C9H12ClN3. The summed E-state index contributed by atoms with van der Waals surface area (Å²) in [6, 6.07) is 1.67. The molecule has 1 rings (SSSR count). The third-order valence-electron chi connectivity index (χ3n) is 1.52. The largest absolute Gasteiger partial charge is 0.396 e. The van der Waals surface area contributed by atoms with Gasteiger partial charge in [-0.25, -0.2) is 4.98 Å². The summed E-state index contributed by atoms with van der Waals surface area (Å²) >= 11 is 5.69. The van der Waals surface area contributed by atoms with Crippen molar-refractivity contribution in [2.24, 2.45) is 0 Å². The number of rotatable bonds is 4. The molecule has 0 aliphatic rings. The Morgan fingerprint density at radius 1 is 1.69 bits per heavy atom. The van der Waals surface area contributed by atoms with E-state index in [-0.39, 0.29) is 0 Å². The normalized spacial score (nSPS) is 9.62. The van der Waals surface area contributed by atoms with Gasteiger partial charge in [-0.2, -0.15) is 0 Å². The molecule has 0 aliphatic carbocycles. The van der Waals surface area contributed by atoms with Gasteiger partial charge in [-0.15, -0.1) is 6.58 Å². The molecule has 0 aliphatic heterocycles. The molecular weight excluding hydrogens is 186 g/mol. The second kappa shape index (κ2) is 4.72. The lowest BCUT2D eigenvalue weighted by atomic mass is 10.3. The predicted molar refractivity (Wildman–Crippen MR) is 57.0 cm³/mol. The van der Waals surface area contributed by atoms with Gasteiger partial charge in [0.25, 0.3) is 0 Å². The molecule has 0 radical (unpaired) electrons. The van der Waals surface area contributed by atoms with E-state index in [9.17, 15) is 0 Å². The van der Waals surface area contributed by atoms with Gasteiger partial charge in [0.05, 0.1) is 10.7 Å². The van der Waals surface area contributed by atoms with E-state index in [1.807, 2.05) is 6.08 Å². The second-order valence-electron chi connectivity index (χ2n) is 2.60. The summed E-state index contributed by atoms with van der Waals surface area (Å²) in [5.41, 5.74) is 6.23. The van der Waals surface area contributed by atoms with Crippen molar-refractivity contribution in [1.82, 2.24) is 4.98 Å². The van der Waals surface area contributed by atoms with Crippen molar-refractivity contribution in [3.8, 4) is 0 Å². The van der Waals surface area contributed by atoms with Crippen molar-refractivity contribution < 1.29 is 0 Å². The van der Waals surface area contributed by atoms with E-state index in [2.05, 4.69) is 16.9 Å². The summed E-state index contributed by atoms with van der Waals surface area (Å²) in [4.78, 5) is 4.05.